The first-order valence-corrected chi connectivity index (χ1v) is 7.76. The Kier molecular flexibility index (Phi) is 7.31. The first-order valence-electron chi connectivity index (χ1n) is 7.76. The molecule has 0 saturated carbocycles. The van der Waals surface area contributed by atoms with E-state index in [0.717, 1.165) is 5.56 Å². The summed E-state index contributed by atoms with van der Waals surface area (Å²) in [6.07, 6.45) is 4.26. The third kappa shape index (κ3) is 6.33. The lowest BCUT2D eigenvalue weighted by Gasteiger charge is -2.26. The molecule has 0 spiro atoms. The number of nitrogens with two attached hydrogens (primary N) is 2. The van der Waals surface area contributed by atoms with E-state index in [1.807, 2.05) is 0 Å². The van der Waals surface area contributed by atoms with Gasteiger partial charge in [0.05, 0.1) is 6.42 Å². The normalized spacial score (nSPS) is 12.3. The van der Waals surface area contributed by atoms with Crippen LogP contribution in [0.1, 0.15) is 32.3 Å². The lowest BCUT2D eigenvalue weighted by atomic mass is 10.0. The molecule has 0 fully saturated rings. The number of hydrogen-bond acceptors (Lipinski definition) is 5. The van der Waals surface area contributed by atoms with Gasteiger partial charge in [0.25, 0.3) is 0 Å². The minimum absolute atomic E-state index is 0.133. The van der Waals surface area contributed by atoms with Crippen LogP contribution in [-0.2, 0) is 20.8 Å². The molecule has 8 heteroatoms. The summed E-state index contributed by atoms with van der Waals surface area (Å²) in [5, 5.41) is 5.24. The van der Waals surface area contributed by atoms with E-state index in [1.165, 1.54) is 13.8 Å². The molecule has 1 aromatic heterocycles. The second-order valence-corrected chi connectivity index (χ2v) is 6.06. The number of primary amides is 1. The van der Waals surface area contributed by atoms with Crippen LogP contribution in [-0.4, -0.2) is 40.8 Å². The highest BCUT2D eigenvalue weighted by atomic mass is 16.2. The SMILES string of the molecule is CC(C)(NC(=O)[C@@H](CCCN)NC(=O)Cc1ccncc1)C(N)=O. The predicted octanol–water partition coefficient (Wildman–Crippen LogP) is -0.772. The Bertz CT molecular complexity index is 574. The molecule has 1 aromatic rings. The zero-order valence-electron chi connectivity index (χ0n) is 14.0. The van der Waals surface area contributed by atoms with Gasteiger partial charge in [0.1, 0.15) is 11.6 Å². The Labute approximate surface area is 141 Å². The minimum Gasteiger partial charge on any atom is -0.368 e. The van der Waals surface area contributed by atoms with E-state index < -0.39 is 23.4 Å². The zero-order chi connectivity index (χ0) is 18.2. The van der Waals surface area contributed by atoms with Crippen LogP contribution in [0.4, 0.5) is 0 Å². The van der Waals surface area contributed by atoms with Crippen molar-refractivity contribution >= 4 is 17.7 Å². The number of aromatic nitrogens is 1. The quantitative estimate of drug-likeness (QED) is 0.469. The molecule has 1 heterocycles. The molecule has 6 N–H and O–H groups in total. The number of hydrogen-bond donors (Lipinski definition) is 4. The average molecular weight is 335 g/mol. The highest BCUT2D eigenvalue weighted by Gasteiger charge is 2.30. The predicted molar refractivity (Wildman–Crippen MR) is 89.6 cm³/mol. The third-order valence-electron chi connectivity index (χ3n) is 3.51. The highest BCUT2D eigenvalue weighted by Crippen LogP contribution is 2.05. The number of amides is 3. The van der Waals surface area contributed by atoms with E-state index in [2.05, 4.69) is 15.6 Å². The zero-order valence-corrected chi connectivity index (χ0v) is 14.0. The van der Waals surface area contributed by atoms with Crippen LogP contribution >= 0.6 is 0 Å². The van der Waals surface area contributed by atoms with Crippen molar-refractivity contribution in [3.63, 3.8) is 0 Å². The van der Waals surface area contributed by atoms with Gasteiger partial charge in [-0.25, -0.2) is 0 Å². The average Bonchev–Trinajstić information content (AvgIpc) is 2.51. The van der Waals surface area contributed by atoms with Crippen molar-refractivity contribution in [2.45, 2.75) is 44.7 Å². The standard InChI is InChI=1S/C16H25N5O3/c1-16(2,15(18)24)21-14(23)12(4-3-7-17)20-13(22)10-11-5-8-19-9-6-11/h5-6,8-9,12H,3-4,7,10,17H2,1-2H3,(H2,18,24)(H,20,22)(H,21,23)/t12-/m1/s1. The van der Waals surface area contributed by atoms with Crippen molar-refractivity contribution in [2.24, 2.45) is 11.5 Å². The summed E-state index contributed by atoms with van der Waals surface area (Å²) in [5.74, 6) is -1.41. The maximum Gasteiger partial charge on any atom is 0.243 e. The second-order valence-electron chi connectivity index (χ2n) is 6.06. The fraction of sp³-hybridized carbons (Fsp3) is 0.500. The summed E-state index contributed by atoms with van der Waals surface area (Å²) in [5.41, 5.74) is 10.3. The number of carbonyl (C=O) groups excluding carboxylic acids is 3. The summed E-state index contributed by atoms with van der Waals surface area (Å²) < 4.78 is 0. The van der Waals surface area contributed by atoms with Crippen molar-refractivity contribution in [1.29, 1.82) is 0 Å². The maximum atomic E-state index is 12.4. The number of rotatable bonds is 9. The molecular weight excluding hydrogens is 310 g/mol. The lowest BCUT2D eigenvalue weighted by molar-refractivity contribution is -0.133. The van der Waals surface area contributed by atoms with E-state index in [-0.39, 0.29) is 12.3 Å². The van der Waals surface area contributed by atoms with Gasteiger partial charge in [0.15, 0.2) is 0 Å². The first kappa shape index (κ1) is 19.6. The highest BCUT2D eigenvalue weighted by molar-refractivity contribution is 5.93. The van der Waals surface area contributed by atoms with Crippen molar-refractivity contribution in [3.05, 3.63) is 30.1 Å². The fourth-order valence-electron chi connectivity index (χ4n) is 1.98. The summed E-state index contributed by atoms with van der Waals surface area (Å²) in [7, 11) is 0. The summed E-state index contributed by atoms with van der Waals surface area (Å²) in [6, 6.07) is 2.68. The third-order valence-corrected chi connectivity index (χ3v) is 3.51. The van der Waals surface area contributed by atoms with Crippen molar-refractivity contribution < 1.29 is 14.4 Å². The number of nitrogens with zero attached hydrogens (tertiary/aromatic N) is 1. The molecule has 3 amide bonds. The Morgan fingerprint density at radius 1 is 1.25 bits per heavy atom. The summed E-state index contributed by atoms with van der Waals surface area (Å²) in [6.45, 7) is 3.40. The van der Waals surface area contributed by atoms with Crippen LogP contribution < -0.4 is 22.1 Å². The molecule has 0 aliphatic carbocycles. The largest absolute Gasteiger partial charge is 0.368 e. The smallest absolute Gasteiger partial charge is 0.243 e. The van der Waals surface area contributed by atoms with Gasteiger partial charge in [-0.2, -0.15) is 0 Å². The number of nitrogens with one attached hydrogen (secondary N) is 2. The molecular formula is C16H25N5O3. The topological polar surface area (TPSA) is 140 Å². The molecule has 8 nitrogen and oxygen atoms in total. The number of pyridine rings is 1. The molecule has 0 aliphatic rings. The Morgan fingerprint density at radius 3 is 2.42 bits per heavy atom. The van der Waals surface area contributed by atoms with E-state index in [9.17, 15) is 14.4 Å². The Balaban J connectivity index is 2.71. The van der Waals surface area contributed by atoms with E-state index in [1.54, 1.807) is 24.5 Å². The molecule has 0 radical (unpaired) electrons. The van der Waals surface area contributed by atoms with Crippen LogP contribution in [0.25, 0.3) is 0 Å². The van der Waals surface area contributed by atoms with Gasteiger partial charge in [-0.15, -0.1) is 0 Å². The minimum atomic E-state index is -1.20. The van der Waals surface area contributed by atoms with Gasteiger partial charge in [-0.05, 0) is 50.9 Å². The van der Waals surface area contributed by atoms with Crippen LogP contribution in [0.15, 0.2) is 24.5 Å². The molecule has 24 heavy (non-hydrogen) atoms. The van der Waals surface area contributed by atoms with Gasteiger partial charge < -0.3 is 22.1 Å². The Morgan fingerprint density at radius 2 is 1.88 bits per heavy atom. The fourth-order valence-corrected chi connectivity index (χ4v) is 1.98. The molecule has 0 bridgehead atoms. The molecule has 0 aliphatic heterocycles. The Hall–Kier alpha value is -2.48. The van der Waals surface area contributed by atoms with Gasteiger partial charge >= 0.3 is 0 Å². The van der Waals surface area contributed by atoms with Crippen LogP contribution in [0.2, 0.25) is 0 Å². The molecule has 0 saturated heterocycles. The molecule has 0 aromatic carbocycles. The number of carbonyl (C=O) groups is 3. The van der Waals surface area contributed by atoms with Gasteiger partial charge in [-0.3, -0.25) is 19.4 Å². The van der Waals surface area contributed by atoms with Crippen molar-refractivity contribution in [1.82, 2.24) is 15.6 Å². The molecule has 132 valence electrons. The monoisotopic (exact) mass is 335 g/mol. The van der Waals surface area contributed by atoms with Gasteiger partial charge in [0.2, 0.25) is 17.7 Å². The summed E-state index contributed by atoms with van der Waals surface area (Å²) in [4.78, 5) is 39.8. The van der Waals surface area contributed by atoms with E-state index in [0.29, 0.717) is 19.4 Å². The summed E-state index contributed by atoms with van der Waals surface area (Å²) >= 11 is 0. The molecule has 1 atom stereocenters. The molecule has 1 rings (SSSR count). The molecule has 0 unspecified atom stereocenters. The van der Waals surface area contributed by atoms with Crippen molar-refractivity contribution in [2.75, 3.05) is 6.54 Å². The van der Waals surface area contributed by atoms with E-state index >= 15 is 0 Å². The van der Waals surface area contributed by atoms with E-state index in [4.69, 9.17) is 11.5 Å². The van der Waals surface area contributed by atoms with Crippen LogP contribution in [0.3, 0.4) is 0 Å². The van der Waals surface area contributed by atoms with Crippen molar-refractivity contribution in [3.8, 4) is 0 Å². The van der Waals surface area contributed by atoms with Gasteiger partial charge in [-0.1, -0.05) is 0 Å². The first-order chi connectivity index (χ1) is 11.3. The van der Waals surface area contributed by atoms with Crippen LogP contribution in [0, 0.1) is 0 Å². The van der Waals surface area contributed by atoms with Gasteiger partial charge in [0, 0.05) is 12.4 Å². The van der Waals surface area contributed by atoms with Crippen LogP contribution in [0.5, 0.6) is 0 Å². The second kappa shape index (κ2) is 8.97. The lowest BCUT2D eigenvalue weighted by Crippen LogP contribution is -2.58. The maximum absolute atomic E-state index is 12.4.